The highest BCUT2D eigenvalue weighted by atomic mass is 16.5. The van der Waals surface area contributed by atoms with Gasteiger partial charge in [0.25, 0.3) is 0 Å². The number of carbonyl (C=O) groups is 1. The molecule has 0 saturated carbocycles. The van der Waals surface area contributed by atoms with Gasteiger partial charge in [-0.2, -0.15) is 0 Å². The van der Waals surface area contributed by atoms with Gasteiger partial charge in [0.15, 0.2) is 11.5 Å². The van der Waals surface area contributed by atoms with E-state index in [2.05, 4.69) is 61.3 Å². The Hall–Kier alpha value is -2.95. The zero-order valence-corrected chi connectivity index (χ0v) is 20.3. The van der Waals surface area contributed by atoms with Gasteiger partial charge >= 0.3 is 0 Å². The van der Waals surface area contributed by atoms with Gasteiger partial charge in [-0.1, -0.05) is 76.8 Å². The number of para-hydroxylation sites is 1. The predicted octanol–water partition coefficient (Wildman–Crippen LogP) is 5.68. The van der Waals surface area contributed by atoms with E-state index in [1.807, 2.05) is 24.3 Å². The number of methoxy groups -OCH3 is 1. The van der Waals surface area contributed by atoms with Crippen LogP contribution in [0.1, 0.15) is 64.0 Å². The molecular weight excluding hydrogens is 412 g/mol. The minimum atomic E-state index is -0.603. The summed E-state index contributed by atoms with van der Waals surface area (Å²) < 4.78 is 11.6. The number of benzene rings is 2. The van der Waals surface area contributed by atoms with Crippen LogP contribution < -0.4 is 19.7 Å². The van der Waals surface area contributed by atoms with Gasteiger partial charge in [0, 0.05) is 11.1 Å². The second-order valence-corrected chi connectivity index (χ2v) is 9.55. The molecule has 1 saturated heterocycles. The highest BCUT2D eigenvalue weighted by Crippen LogP contribution is 2.52. The van der Waals surface area contributed by atoms with E-state index >= 15 is 0 Å². The second-order valence-electron chi connectivity index (χ2n) is 9.55. The van der Waals surface area contributed by atoms with E-state index in [0.717, 1.165) is 29.2 Å². The summed E-state index contributed by atoms with van der Waals surface area (Å²) in [4.78, 5) is 14.7. The summed E-state index contributed by atoms with van der Waals surface area (Å²) >= 11 is 0. The smallest absolute Gasteiger partial charge is 0.241 e. The Morgan fingerprint density at radius 3 is 2.64 bits per heavy atom. The van der Waals surface area contributed by atoms with Crippen LogP contribution in [0.25, 0.3) is 6.08 Å². The lowest BCUT2D eigenvalue weighted by atomic mass is 9.75. The number of amides is 1. The third-order valence-electron chi connectivity index (χ3n) is 7.09. The van der Waals surface area contributed by atoms with E-state index in [1.165, 1.54) is 31.2 Å². The first-order chi connectivity index (χ1) is 15.9. The molecule has 1 amide bonds. The van der Waals surface area contributed by atoms with Crippen molar-refractivity contribution in [2.75, 3.05) is 25.2 Å². The molecule has 5 nitrogen and oxygen atoms in total. The fourth-order valence-corrected chi connectivity index (χ4v) is 5.15. The normalized spacial score (nSPS) is 20.6. The van der Waals surface area contributed by atoms with Gasteiger partial charge in [0.1, 0.15) is 5.66 Å². The molecule has 2 aromatic rings. The van der Waals surface area contributed by atoms with Gasteiger partial charge in [0.2, 0.25) is 5.91 Å². The van der Waals surface area contributed by atoms with Crippen molar-refractivity contribution in [1.29, 1.82) is 0 Å². The molecule has 0 bridgehead atoms. The van der Waals surface area contributed by atoms with Gasteiger partial charge in [-0.05, 0) is 41.8 Å². The monoisotopic (exact) mass is 448 g/mol. The van der Waals surface area contributed by atoms with Crippen LogP contribution in [0, 0.1) is 0 Å². The second kappa shape index (κ2) is 9.50. The average Bonchev–Trinajstić information content (AvgIpc) is 3.25. The largest absolute Gasteiger partial charge is 0.493 e. The fraction of sp³-hybridized carbons (Fsp3) is 0.464. The maximum atomic E-state index is 12.5. The standard InChI is InChI=1S/C28H36N2O3/c1-5-6-7-8-11-18-33-24-15-14-21(19-25(24)32-4)16-17-28-27(2,3)22-12-9-10-13-23(22)30(28)20-26(31)29-28/h9-10,12-17,19H,5-8,11,18,20H2,1-4H3,(H,29,31)/t28-/m1/s1. The molecule has 1 N–H and O–H groups in total. The zero-order chi connectivity index (χ0) is 23.5. The summed E-state index contributed by atoms with van der Waals surface area (Å²) in [6.07, 6.45) is 10.2. The average molecular weight is 449 g/mol. The van der Waals surface area contributed by atoms with Crippen molar-refractivity contribution in [2.24, 2.45) is 0 Å². The summed E-state index contributed by atoms with van der Waals surface area (Å²) in [5, 5.41) is 3.27. The summed E-state index contributed by atoms with van der Waals surface area (Å²) in [5.41, 5.74) is 2.48. The number of nitrogens with zero attached hydrogens (tertiary/aromatic N) is 1. The van der Waals surface area contributed by atoms with Crippen LogP contribution in [-0.2, 0) is 10.2 Å². The molecular formula is C28H36N2O3. The molecule has 33 heavy (non-hydrogen) atoms. The number of nitrogens with one attached hydrogen (secondary N) is 1. The third-order valence-corrected chi connectivity index (χ3v) is 7.09. The maximum absolute atomic E-state index is 12.5. The van der Waals surface area contributed by atoms with Crippen LogP contribution in [0.4, 0.5) is 5.69 Å². The van der Waals surface area contributed by atoms with Crippen LogP contribution in [0.15, 0.2) is 48.5 Å². The molecule has 0 radical (unpaired) electrons. The molecule has 0 unspecified atom stereocenters. The predicted molar refractivity (Wildman–Crippen MR) is 134 cm³/mol. The van der Waals surface area contributed by atoms with Gasteiger partial charge in [-0.25, -0.2) is 0 Å². The van der Waals surface area contributed by atoms with E-state index in [4.69, 9.17) is 9.47 Å². The number of hydrogen-bond donors (Lipinski definition) is 1. The van der Waals surface area contributed by atoms with Crippen molar-refractivity contribution < 1.29 is 14.3 Å². The Morgan fingerprint density at radius 2 is 1.85 bits per heavy atom. The van der Waals surface area contributed by atoms with Crippen molar-refractivity contribution in [1.82, 2.24) is 5.32 Å². The Kier molecular flexibility index (Phi) is 6.68. The zero-order valence-electron chi connectivity index (χ0n) is 20.3. The first-order valence-corrected chi connectivity index (χ1v) is 12.1. The van der Waals surface area contributed by atoms with Gasteiger partial charge in [-0.3, -0.25) is 4.79 Å². The summed E-state index contributed by atoms with van der Waals surface area (Å²) in [6.45, 7) is 7.67. The number of anilines is 1. The van der Waals surface area contributed by atoms with E-state index in [1.54, 1.807) is 7.11 Å². The lowest BCUT2D eigenvalue weighted by Crippen LogP contribution is -2.58. The van der Waals surface area contributed by atoms with Crippen molar-refractivity contribution in [3.63, 3.8) is 0 Å². The molecule has 4 rings (SSSR count). The highest BCUT2D eigenvalue weighted by Gasteiger charge is 2.59. The molecule has 1 atom stereocenters. The van der Waals surface area contributed by atoms with Crippen LogP contribution >= 0.6 is 0 Å². The minimum absolute atomic E-state index is 0.0440. The topological polar surface area (TPSA) is 50.8 Å². The Morgan fingerprint density at radius 1 is 1.06 bits per heavy atom. The first kappa shape index (κ1) is 23.2. The lowest BCUT2D eigenvalue weighted by Gasteiger charge is -2.40. The van der Waals surface area contributed by atoms with Crippen molar-refractivity contribution in [2.45, 2.75) is 64.0 Å². The Balaban J connectivity index is 1.53. The number of ether oxygens (including phenoxy) is 2. The summed E-state index contributed by atoms with van der Waals surface area (Å²) in [6, 6.07) is 14.4. The van der Waals surface area contributed by atoms with Crippen molar-refractivity contribution >= 4 is 17.7 Å². The van der Waals surface area contributed by atoms with Crippen molar-refractivity contribution in [3.05, 3.63) is 59.7 Å². The first-order valence-electron chi connectivity index (χ1n) is 12.1. The van der Waals surface area contributed by atoms with E-state index < -0.39 is 5.66 Å². The van der Waals surface area contributed by atoms with Crippen LogP contribution in [0.5, 0.6) is 11.5 Å². The number of carbonyl (C=O) groups excluding carboxylic acids is 1. The van der Waals surface area contributed by atoms with Crippen LogP contribution in [0.3, 0.4) is 0 Å². The Bertz CT molecular complexity index is 1030. The lowest BCUT2D eigenvalue weighted by molar-refractivity contribution is -0.118. The SMILES string of the molecule is CCCCCCCOc1ccc(C=C[C@@]23NC(=O)CN2c2ccccc2C3(C)C)cc1OC. The molecule has 2 aliphatic rings. The fourth-order valence-electron chi connectivity index (χ4n) is 5.15. The van der Waals surface area contributed by atoms with E-state index in [-0.39, 0.29) is 11.3 Å². The summed E-state index contributed by atoms with van der Waals surface area (Å²) in [5.74, 6) is 1.54. The number of fused-ring (bicyclic) bond motifs is 3. The molecule has 5 heteroatoms. The molecule has 0 aliphatic carbocycles. The highest BCUT2D eigenvalue weighted by molar-refractivity contribution is 5.91. The van der Waals surface area contributed by atoms with Crippen molar-refractivity contribution in [3.8, 4) is 11.5 Å². The maximum Gasteiger partial charge on any atom is 0.241 e. The minimum Gasteiger partial charge on any atom is -0.493 e. The quantitative estimate of drug-likeness (QED) is 0.475. The van der Waals surface area contributed by atoms with E-state index in [0.29, 0.717) is 13.2 Å². The number of hydrogen-bond acceptors (Lipinski definition) is 4. The van der Waals surface area contributed by atoms with E-state index in [9.17, 15) is 4.79 Å². The molecule has 176 valence electrons. The molecule has 2 aromatic carbocycles. The van der Waals surface area contributed by atoms with Crippen LogP contribution in [-0.4, -0.2) is 31.8 Å². The molecule has 2 heterocycles. The van der Waals surface area contributed by atoms with Gasteiger partial charge < -0.3 is 19.7 Å². The third kappa shape index (κ3) is 4.21. The molecule has 2 aliphatic heterocycles. The van der Waals surface area contributed by atoms with Gasteiger partial charge in [0.05, 0.1) is 20.3 Å². The number of rotatable bonds is 10. The molecule has 0 aromatic heterocycles. The Labute approximate surface area is 197 Å². The number of unbranched alkanes of at least 4 members (excludes halogenated alkanes) is 4. The van der Waals surface area contributed by atoms with Crippen LogP contribution in [0.2, 0.25) is 0 Å². The molecule has 0 spiro atoms. The van der Waals surface area contributed by atoms with Gasteiger partial charge in [-0.15, -0.1) is 0 Å². The summed E-state index contributed by atoms with van der Waals surface area (Å²) in [7, 11) is 1.67. The molecule has 1 fully saturated rings.